The fraction of sp³-hybridized carbons (Fsp3) is 1.00. The number of likely N-dealkylation sites (tertiary alicyclic amines) is 1. The molecule has 0 radical (unpaired) electrons. The molecule has 14 heavy (non-hydrogen) atoms. The Morgan fingerprint density at radius 3 is 2.50 bits per heavy atom. The number of alkyl halides is 2. The highest BCUT2D eigenvalue weighted by atomic mass is 19.3. The van der Waals surface area contributed by atoms with E-state index >= 15 is 0 Å². The van der Waals surface area contributed by atoms with Gasteiger partial charge >= 0.3 is 0 Å². The van der Waals surface area contributed by atoms with E-state index in [-0.39, 0.29) is 12.8 Å². The Morgan fingerprint density at radius 1 is 1.43 bits per heavy atom. The number of aliphatic hydroxyl groups is 1. The summed E-state index contributed by atoms with van der Waals surface area (Å²) < 4.78 is 30.4. The molecule has 1 unspecified atom stereocenters. The highest BCUT2D eigenvalue weighted by Crippen LogP contribution is 2.27. The number of ether oxygens (including phenoxy) is 1. The van der Waals surface area contributed by atoms with Crippen LogP contribution in [0.15, 0.2) is 0 Å². The average molecular weight is 209 g/mol. The Bertz CT molecular complexity index is 168. The van der Waals surface area contributed by atoms with Gasteiger partial charge in [0.2, 0.25) is 0 Å². The Balaban J connectivity index is 2.22. The molecule has 1 aliphatic rings. The second kappa shape index (κ2) is 5.00. The molecule has 1 N–H and O–H groups in total. The summed E-state index contributed by atoms with van der Waals surface area (Å²) in [6.45, 7) is 3.21. The standard InChI is InChI=1S/C9H17F2NO2/c1-2-14-8(13)7-12-5-3-9(10,11)4-6-12/h8,13H,2-7H2,1H3. The van der Waals surface area contributed by atoms with Crippen molar-refractivity contribution in [1.82, 2.24) is 4.90 Å². The lowest BCUT2D eigenvalue weighted by atomic mass is 10.1. The van der Waals surface area contributed by atoms with Gasteiger partial charge in [0.25, 0.3) is 5.92 Å². The zero-order valence-corrected chi connectivity index (χ0v) is 8.38. The normalized spacial score (nSPS) is 24.9. The second-order valence-corrected chi connectivity index (χ2v) is 3.57. The molecule has 0 saturated carbocycles. The van der Waals surface area contributed by atoms with Crippen molar-refractivity contribution in [3.8, 4) is 0 Å². The Labute approximate surface area is 82.7 Å². The maximum Gasteiger partial charge on any atom is 0.250 e. The molecule has 1 rings (SSSR count). The summed E-state index contributed by atoms with van der Waals surface area (Å²) in [6, 6.07) is 0. The number of β-amino-alcohol motifs (C(OH)–C–C–N with tert-alkyl or cyclic N) is 1. The van der Waals surface area contributed by atoms with Gasteiger partial charge in [-0.15, -0.1) is 0 Å². The molecule has 0 aromatic carbocycles. The minimum absolute atomic E-state index is 0.119. The molecule has 0 spiro atoms. The molecular weight excluding hydrogens is 192 g/mol. The van der Waals surface area contributed by atoms with Gasteiger partial charge < -0.3 is 9.84 Å². The van der Waals surface area contributed by atoms with Crippen LogP contribution in [0.2, 0.25) is 0 Å². The predicted octanol–water partition coefficient (Wildman–Crippen LogP) is 1.07. The van der Waals surface area contributed by atoms with Crippen LogP contribution in [0.4, 0.5) is 8.78 Å². The van der Waals surface area contributed by atoms with E-state index in [4.69, 9.17) is 4.74 Å². The summed E-state index contributed by atoms with van der Waals surface area (Å²) in [5.74, 6) is -2.52. The molecule has 0 bridgehead atoms. The SMILES string of the molecule is CCOC(O)CN1CCC(F)(F)CC1. The smallest absolute Gasteiger partial charge is 0.250 e. The predicted molar refractivity (Wildman–Crippen MR) is 48.3 cm³/mol. The summed E-state index contributed by atoms with van der Waals surface area (Å²) in [5.41, 5.74) is 0. The van der Waals surface area contributed by atoms with E-state index in [1.165, 1.54) is 0 Å². The van der Waals surface area contributed by atoms with Crippen molar-refractivity contribution in [2.75, 3.05) is 26.2 Å². The maximum absolute atomic E-state index is 12.7. The van der Waals surface area contributed by atoms with E-state index in [2.05, 4.69) is 0 Å². The largest absolute Gasteiger partial charge is 0.367 e. The van der Waals surface area contributed by atoms with Crippen LogP contribution in [-0.2, 0) is 4.74 Å². The quantitative estimate of drug-likeness (QED) is 0.703. The van der Waals surface area contributed by atoms with E-state index in [9.17, 15) is 13.9 Å². The van der Waals surface area contributed by atoms with Crippen molar-refractivity contribution in [2.24, 2.45) is 0 Å². The first-order chi connectivity index (χ1) is 6.53. The first-order valence-corrected chi connectivity index (χ1v) is 4.93. The fourth-order valence-corrected chi connectivity index (χ4v) is 1.53. The lowest BCUT2D eigenvalue weighted by Crippen LogP contribution is -2.43. The number of hydrogen-bond acceptors (Lipinski definition) is 3. The van der Waals surface area contributed by atoms with Crippen LogP contribution in [-0.4, -0.2) is 48.5 Å². The molecule has 0 aliphatic carbocycles. The molecule has 0 aromatic heterocycles. The number of halogens is 2. The highest BCUT2D eigenvalue weighted by molar-refractivity contribution is 4.77. The number of hydrogen-bond donors (Lipinski definition) is 1. The van der Waals surface area contributed by atoms with Gasteiger partial charge in [0.15, 0.2) is 6.29 Å². The van der Waals surface area contributed by atoms with Gasteiger partial charge in [0.1, 0.15) is 0 Å². The van der Waals surface area contributed by atoms with E-state index in [1.807, 2.05) is 0 Å². The summed E-state index contributed by atoms with van der Waals surface area (Å²) in [5, 5.41) is 9.28. The molecule has 1 saturated heterocycles. The molecular formula is C9H17F2NO2. The Morgan fingerprint density at radius 2 is 2.00 bits per heavy atom. The third kappa shape index (κ3) is 3.86. The second-order valence-electron chi connectivity index (χ2n) is 3.57. The van der Waals surface area contributed by atoms with Crippen LogP contribution in [0, 0.1) is 0 Å². The van der Waals surface area contributed by atoms with Crippen molar-refractivity contribution in [3.63, 3.8) is 0 Å². The van der Waals surface area contributed by atoms with Crippen molar-refractivity contribution in [1.29, 1.82) is 0 Å². The van der Waals surface area contributed by atoms with Crippen LogP contribution in [0.25, 0.3) is 0 Å². The molecule has 0 aromatic rings. The topological polar surface area (TPSA) is 32.7 Å². The zero-order chi connectivity index (χ0) is 10.6. The fourth-order valence-electron chi connectivity index (χ4n) is 1.53. The van der Waals surface area contributed by atoms with Gasteiger partial charge in [0, 0.05) is 39.1 Å². The number of nitrogens with zero attached hydrogens (tertiary/aromatic N) is 1. The Hall–Kier alpha value is -0.260. The third-order valence-electron chi connectivity index (χ3n) is 2.36. The number of piperidine rings is 1. The molecule has 3 nitrogen and oxygen atoms in total. The minimum atomic E-state index is -2.52. The third-order valence-corrected chi connectivity index (χ3v) is 2.36. The maximum atomic E-state index is 12.7. The van der Waals surface area contributed by atoms with Crippen LogP contribution >= 0.6 is 0 Å². The molecule has 84 valence electrons. The van der Waals surface area contributed by atoms with Crippen LogP contribution in [0.3, 0.4) is 0 Å². The van der Waals surface area contributed by atoms with Crippen LogP contribution < -0.4 is 0 Å². The minimum Gasteiger partial charge on any atom is -0.367 e. The summed E-state index contributed by atoms with van der Waals surface area (Å²) in [4.78, 5) is 1.80. The van der Waals surface area contributed by atoms with Crippen molar-refractivity contribution in [3.05, 3.63) is 0 Å². The lowest BCUT2D eigenvalue weighted by molar-refractivity contribution is -0.124. The van der Waals surface area contributed by atoms with Crippen molar-refractivity contribution >= 4 is 0 Å². The van der Waals surface area contributed by atoms with Crippen molar-refractivity contribution < 1.29 is 18.6 Å². The number of aliphatic hydroxyl groups excluding tert-OH is 1. The molecule has 1 aliphatic heterocycles. The van der Waals surface area contributed by atoms with Gasteiger partial charge in [-0.25, -0.2) is 8.78 Å². The van der Waals surface area contributed by atoms with E-state index in [0.29, 0.717) is 26.2 Å². The first-order valence-electron chi connectivity index (χ1n) is 4.93. The monoisotopic (exact) mass is 209 g/mol. The molecule has 1 fully saturated rings. The van der Waals surface area contributed by atoms with Gasteiger partial charge in [-0.05, 0) is 6.92 Å². The van der Waals surface area contributed by atoms with Gasteiger partial charge in [0.05, 0.1) is 0 Å². The summed E-state index contributed by atoms with van der Waals surface area (Å²) in [6.07, 6.45) is -1.09. The number of rotatable bonds is 4. The lowest BCUT2D eigenvalue weighted by Gasteiger charge is -2.32. The van der Waals surface area contributed by atoms with Crippen LogP contribution in [0.1, 0.15) is 19.8 Å². The molecule has 0 amide bonds. The Kier molecular flexibility index (Phi) is 4.22. The van der Waals surface area contributed by atoms with Gasteiger partial charge in [-0.2, -0.15) is 0 Å². The average Bonchev–Trinajstić information content (AvgIpc) is 2.09. The molecule has 5 heteroatoms. The van der Waals surface area contributed by atoms with Gasteiger partial charge in [-0.3, -0.25) is 4.90 Å². The first kappa shape index (κ1) is 11.8. The van der Waals surface area contributed by atoms with E-state index in [0.717, 1.165) is 0 Å². The summed E-state index contributed by atoms with van der Waals surface area (Å²) in [7, 11) is 0. The highest BCUT2D eigenvalue weighted by Gasteiger charge is 2.34. The molecule has 1 atom stereocenters. The van der Waals surface area contributed by atoms with Crippen LogP contribution in [0.5, 0.6) is 0 Å². The summed E-state index contributed by atoms with van der Waals surface area (Å²) >= 11 is 0. The van der Waals surface area contributed by atoms with Crippen molar-refractivity contribution in [2.45, 2.75) is 32.0 Å². The zero-order valence-electron chi connectivity index (χ0n) is 8.38. The van der Waals surface area contributed by atoms with E-state index in [1.54, 1.807) is 11.8 Å². The van der Waals surface area contributed by atoms with Gasteiger partial charge in [-0.1, -0.05) is 0 Å². The molecule has 1 heterocycles. The van der Waals surface area contributed by atoms with E-state index < -0.39 is 12.2 Å².